The molecule has 98 valence electrons. The van der Waals surface area contributed by atoms with Crippen molar-refractivity contribution in [3.05, 3.63) is 48.0 Å². The monoisotopic (exact) mass is 257 g/mol. The number of amides is 1. The third-order valence-electron chi connectivity index (χ3n) is 2.91. The van der Waals surface area contributed by atoms with Crippen LogP contribution in [0.1, 0.15) is 29.1 Å². The van der Waals surface area contributed by atoms with Crippen LogP contribution in [-0.4, -0.2) is 16.9 Å². The van der Waals surface area contributed by atoms with Crippen molar-refractivity contribution in [2.75, 3.05) is 5.32 Å². The second kappa shape index (κ2) is 5.14. The topological polar surface area (TPSA) is 67.2 Å². The fraction of sp³-hybridized carbons (Fsp3) is 0.286. The summed E-state index contributed by atoms with van der Waals surface area (Å²) in [5.74, 6) is 1.28. The van der Waals surface area contributed by atoms with Crippen molar-refractivity contribution in [1.29, 1.82) is 0 Å². The molecule has 1 fully saturated rings. The minimum atomic E-state index is -0.198. The average molecular weight is 257 g/mol. The summed E-state index contributed by atoms with van der Waals surface area (Å²) in [6.45, 7) is 0.369. The van der Waals surface area contributed by atoms with E-state index in [0.29, 0.717) is 18.3 Å². The summed E-state index contributed by atoms with van der Waals surface area (Å²) in [5.41, 5.74) is 0.414. The molecule has 1 aliphatic carbocycles. The number of carbonyl (C=O) groups is 1. The number of pyridine rings is 1. The van der Waals surface area contributed by atoms with Gasteiger partial charge in [0.05, 0.1) is 12.8 Å². The number of furan rings is 1. The first-order chi connectivity index (χ1) is 9.31. The molecule has 1 saturated carbocycles. The van der Waals surface area contributed by atoms with E-state index < -0.39 is 0 Å². The minimum absolute atomic E-state index is 0.198. The minimum Gasteiger partial charge on any atom is -0.467 e. The third-order valence-corrected chi connectivity index (χ3v) is 2.91. The molecular weight excluding hydrogens is 242 g/mol. The van der Waals surface area contributed by atoms with Gasteiger partial charge in [-0.25, -0.2) is 4.98 Å². The second-order valence-electron chi connectivity index (χ2n) is 4.59. The number of nitrogens with one attached hydrogen (secondary N) is 2. The van der Waals surface area contributed by atoms with Crippen molar-refractivity contribution in [3.8, 4) is 0 Å². The lowest BCUT2D eigenvalue weighted by Crippen LogP contribution is -2.23. The van der Waals surface area contributed by atoms with Gasteiger partial charge in [0.1, 0.15) is 17.3 Å². The van der Waals surface area contributed by atoms with E-state index in [1.165, 1.54) is 12.8 Å². The zero-order valence-electron chi connectivity index (χ0n) is 10.4. The van der Waals surface area contributed by atoms with Crippen molar-refractivity contribution < 1.29 is 9.21 Å². The molecule has 5 nitrogen and oxygen atoms in total. The van der Waals surface area contributed by atoms with Crippen LogP contribution in [0.4, 0.5) is 5.82 Å². The second-order valence-corrected chi connectivity index (χ2v) is 4.59. The van der Waals surface area contributed by atoms with Crippen LogP contribution >= 0.6 is 0 Å². The molecule has 0 saturated heterocycles. The molecule has 1 amide bonds. The summed E-state index contributed by atoms with van der Waals surface area (Å²) in [6.07, 6.45) is 3.94. The zero-order valence-corrected chi connectivity index (χ0v) is 10.4. The highest BCUT2D eigenvalue weighted by molar-refractivity contribution is 5.92. The van der Waals surface area contributed by atoms with E-state index in [2.05, 4.69) is 15.6 Å². The van der Waals surface area contributed by atoms with Crippen molar-refractivity contribution >= 4 is 11.7 Å². The maximum atomic E-state index is 12.0. The van der Waals surface area contributed by atoms with E-state index >= 15 is 0 Å². The van der Waals surface area contributed by atoms with Gasteiger partial charge in [0.2, 0.25) is 0 Å². The average Bonchev–Trinajstić information content (AvgIpc) is 3.08. The van der Waals surface area contributed by atoms with Crippen molar-refractivity contribution in [1.82, 2.24) is 10.3 Å². The zero-order chi connectivity index (χ0) is 13.1. The number of hydrogen-bond acceptors (Lipinski definition) is 4. The van der Waals surface area contributed by atoms with E-state index in [4.69, 9.17) is 4.42 Å². The van der Waals surface area contributed by atoms with Crippen LogP contribution in [0.5, 0.6) is 0 Å². The molecule has 0 bridgehead atoms. The van der Waals surface area contributed by atoms with Gasteiger partial charge in [-0.3, -0.25) is 4.79 Å². The molecule has 19 heavy (non-hydrogen) atoms. The third kappa shape index (κ3) is 3.13. The van der Waals surface area contributed by atoms with Crippen LogP contribution < -0.4 is 10.6 Å². The SMILES string of the molecule is O=C(NCc1ccco1)c1cccc(NC2CC2)n1. The summed E-state index contributed by atoms with van der Waals surface area (Å²) >= 11 is 0. The lowest BCUT2D eigenvalue weighted by Gasteiger charge is -2.06. The van der Waals surface area contributed by atoms with Gasteiger partial charge in [0, 0.05) is 6.04 Å². The smallest absolute Gasteiger partial charge is 0.270 e. The van der Waals surface area contributed by atoms with E-state index in [1.807, 2.05) is 18.2 Å². The Morgan fingerprint density at radius 1 is 1.32 bits per heavy atom. The van der Waals surface area contributed by atoms with E-state index in [0.717, 1.165) is 11.6 Å². The molecule has 0 aliphatic heterocycles. The molecule has 0 unspecified atom stereocenters. The summed E-state index contributed by atoms with van der Waals surface area (Å²) in [7, 11) is 0. The lowest BCUT2D eigenvalue weighted by atomic mass is 10.3. The number of carbonyl (C=O) groups excluding carboxylic acids is 1. The summed E-state index contributed by atoms with van der Waals surface area (Å²) in [6, 6.07) is 9.55. The van der Waals surface area contributed by atoms with Gasteiger partial charge >= 0.3 is 0 Å². The fourth-order valence-corrected chi connectivity index (χ4v) is 1.75. The molecule has 2 aromatic heterocycles. The summed E-state index contributed by atoms with van der Waals surface area (Å²) in [4.78, 5) is 16.2. The van der Waals surface area contributed by atoms with Crippen molar-refractivity contribution in [2.24, 2.45) is 0 Å². The molecule has 2 aromatic rings. The van der Waals surface area contributed by atoms with Crippen LogP contribution in [0.3, 0.4) is 0 Å². The predicted molar refractivity (Wildman–Crippen MR) is 70.8 cm³/mol. The van der Waals surface area contributed by atoms with Crippen LogP contribution in [-0.2, 0) is 6.54 Å². The van der Waals surface area contributed by atoms with Gasteiger partial charge in [-0.2, -0.15) is 0 Å². The quantitative estimate of drug-likeness (QED) is 0.861. The van der Waals surface area contributed by atoms with Crippen LogP contribution in [0.2, 0.25) is 0 Å². The normalized spacial score (nSPS) is 14.1. The molecule has 2 heterocycles. The number of aromatic nitrogens is 1. The van der Waals surface area contributed by atoms with Crippen molar-refractivity contribution in [2.45, 2.75) is 25.4 Å². The highest BCUT2D eigenvalue weighted by Crippen LogP contribution is 2.23. The highest BCUT2D eigenvalue weighted by Gasteiger charge is 2.21. The van der Waals surface area contributed by atoms with E-state index in [9.17, 15) is 4.79 Å². The number of nitrogens with zero attached hydrogens (tertiary/aromatic N) is 1. The molecule has 3 rings (SSSR count). The van der Waals surface area contributed by atoms with Gasteiger partial charge in [0.25, 0.3) is 5.91 Å². The molecule has 0 spiro atoms. The number of rotatable bonds is 5. The van der Waals surface area contributed by atoms with E-state index in [-0.39, 0.29) is 5.91 Å². The largest absolute Gasteiger partial charge is 0.467 e. The Kier molecular flexibility index (Phi) is 3.18. The number of anilines is 1. The van der Waals surface area contributed by atoms with Crippen LogP contribution in [0.25, 0.3) is 0 Å². The first-order valence-electron chi connectivity index (χ1n) is 6.35. The maximum Gasteiger partial charge on any atom is 0.270 e. The molecule has 0 aromatic carbocycles. The Morgan fingerprint density at radius 2 is 2.21 bits per heavy atom. The van der Waals surface area contributed by atoms with Gasteiger partial charge in [0.15, 0.2) is 0 Å². The molecule has 2 N–H and O–H groups in total. The molecule has 0 radical (unpaired) electrons. The van der Waals surface area contributed by atoms with Gasteiger partial charge in [-0.1, -0.05) is 6.07 Å². The van der Waals surface area contributed by atoms with Crippen LogP contribution in [0.15, 0.2) is 41.0 Å². The molecular formula is C14H15N3O2. The van der Waals surface area contributed by atoms with E-state index in [1.54, 1.807) is 18.4 Å². The van der Waals surface area contributed by atoms with Crippen molar-refractivity contribution in [3.63, 3.8) is 0 Å². The van der Waals surface area contributed by atoms with Crippen LogP contribution in [0, 0.1) is 0 Å². The molecule has 1 aliphatic rings. The van der Waals surface area contributed by atoms with Gasteiger partial charge in [-0.15, -0.1) is 0 Å². The first kappa shape index (κ1) is 11.8. The predicted octanol–water partition coefficient (Wildman–Crippen LogP) is 2.18. The lowest BCUT2D eigenvalue weighted by molar-refractivity contribution is 0.0943. The summed E-state index contributed by atoms with van der Waals surface area (Å²) in [5, 5.41) is 6.05. The Bertz CT molecular complexity index is 562. The summed E-state index contributed by atoms with van der Waals surface area (Å²) < 4.78 is 5.16. The Labute approximate surface area is 111 Å². The standard InChI is InChI=1S/C14H15N3O2/c18-14(15-9-11-3-2-8-19-11)12-4-1-5-13(17-12)16-10-6-7-10/h1-5,8,10H,6-7,9H2,(H,15,18)(H,16,17). The Balaban J connectivity index is 1.61. The molecule has 0 atom stereocenters. The van der Waals surface area contributed by atoms with Gasteiger partial charge < -0.3 is 15.1 Å². The molecule has 5 heteroatoms. The highest BCUT2D eigenvalue weighted by atomic mass is 16.3. The Morgan fingerprint density at radius 3 is 2.95 bits per heavy atom. The number of hydrogen-bond donors (Lipinski definition) is 2. The first-order valence-corrected chi connectivity index (χ1v) is 6.35. The van der Waals surface area contributed by atoms with Gasteiger partial charge in [-0.05, 0) is 37.1 Å². The fourth-order valence-electron chi connectivity index (χ4n) is 1.75. The Hall–Kier alpha value is -2.30. The maximum absolute atomic E-state index is 12.0.